The van der Waals surface area contributed by atoms with Crippen LogP contribution in [0.1, 0.15) is 28.8 Å². The highest BCUT2D eigenvalue weighted by molar-refractivity contribution is 6.30. The van der Waals surface area contributed by atoms with Gasteiger partial charge in [0.1, 0.15) is 18.1 Å². The summed E-state index contributed by atoms with van der Waals surface area (Å²) in [6, 6.07) is 7.50. The second-order valence-electron chi connectivity index (χ2n) is 5.74. The lowest BCUT2D eigenvalue weighted by Gasteiger charge is -2.05. The molecule has 3 rings (SSSR count). The van der Waals surface area contributed by atoms with Crippen LogP contribution in [0.25, 0.3) is 6.08 Å². The summed E-state index contributed by atoms with van der Waals surface area (Å²) < 4.78 is 12.7. The maximum absolute atomic E-state index is 12.1. The zero-order chi connectivity index (χ0) is 20.1. The molecular formula is C19H16ClN3O5. The first-order valence-electron chi connectivity index (χ1n) is 8.36. The number of aromatic nitrogens is 2. The summed E-state index contributed by atoms with van der Waals surface area (Å²) in [6.45, 7) is 2.61. The highest BCUT2D eigenvalue weighted by atomic mass is 35.5. The van der Waals surface area contributed by atoms with Gasteiger partial charge in [0.2, 0.25) is 0 Å². The fourth-order valence-electron chi connectivity index (χ4n) is 2.38. The van der Waals surface area contributed by atoms with E-state index < -0.39 is 4.92 Å². The number of aryl methyl sites for hydroxylation is 1. The van der Waals surface area contributed by atoms with Crippen molar-refractivity contribution in [3.8, 4) is 5.75 Å². The maximum atomic E-state index is 12.1. The quantitative estimate of drug-likeness (QED) is 0.238. The fourth-order valence-corrected chi connectivity index (χ4v) is 2.55. The number of carbonyl (C=O) groups is 1. The standard InChI is InChI=1S/C19H16ClN3O5/c1-2-22-11-13(10-21-22)18(24)7-6-15-4-5-16(28-15)12-27-19-8-3-14(20)9-17(19)23(25)26/h3-11H,2,12H2,1H3/b7-6+. The van der Waals surface area contributed by atoms with E-state index in [1.54, 1.807) is 29.1 Å². The SMILES string of the molecule is CCn1cc(C(=O)/C=C/c2ccc(COc3ccc(Cl)cc3[N+](=O)[O-])o2)cn1. The van der Waals surface area contributed by atoms with Crippen molar-refractivity contribution in [2.45, 2.75) is 20.1 Å². The lowest BCUT2D eigenvalue weighted by atomic mass is 10.2. The molecule has 0 fully saturated rings. The van der Waals surface area contributed by atoms with Crippen LogP contribution in [0.3, 0.4) is 0 Å². The van der Waals surface area contributed by atoms with E-state index in [1.807, 2.05) is 6.92 Å². The first-order valence-corrected chi connectivity index (χ1v) is 8.74. The Morgan fingerprint density at radius 1 is 1.39 bits per heavy atom. The average molecular weight is 402 g/mol. The third-order valence-electron chi connectivity index (χ3n) is 3.81. The number of hydrogen-bond acceptors (Lipinski definition) is 6. The van der Waals surface area contributed by atoms with Crippen LogP contribution in [0, 0.1) is 10.1 Å². The Kier molecular flexibility index (Phi) is 5.90. The van der Waals surface area contributed by atoms with Crippen molar-refractivity contribution in [1.29, 1.82) is 0 Å². The number of furan rings is 1. The van der Waals surface area contributed by atoms with Gasteiger partial charge in [-0.1, -0.05) is 11.6 Å². The number of ether oxygens (including phenoxy) is 1. The second kappa shape index (κ2) is 8.53. The summed E-state index contributed by atoms with van der Waals surface area (Å²) in [7, 11) is 0. The van der Waals surface area contributed by atoms with Crippen LogP contribution < -0.4 is 4.74 Å². The van der Waals surface area contributed by atoms with Gasteiger partial charge in [0, 0.05) is 23.8 Å². The molecule has 1 aromatic carbocycles. The van der Waals surface area contributed by atoms with E-state index in [-0.39, 0.29) is 28.8 Å². The van der Waals surface area contributed by atoms with Crippen molar-refractivity contribution < 1.29 is 18.9 Å². The van der Waals surface area contributed by atoms with E-state index >= 15 is 0 Å². The van der Waals surface area contributed by atoms with Gasteiger partial charge in [-0.3, -0.25) is 19.6 Å². The van der Waals surface area contributed by atoms with Crippen molar-refractivity contribution in [2.75, 3.05) is 0 Å². The molecule has 3 aromatic rings. The highest BCUT2D eigenvalue weighted by Gasteiger charge is 2.16. The molecule has 9 heteroatoms. The van der Waals surface area contributed by atoms with Crippen LogP contribution in [0.5, 0.6) is 5.75 Å². The van der Waals surface area contributed by atoms with Crippen molar-refractivity contribution in [3.63, 3.8) is 0 Å². The van der Waals surface area contributed by atoms with Gasteiger partial charge in [0.25, 0.3) is 0 Å². The number of allylic oxidation sites excluding steroid dienone is 1. The molecular weight excluding hydrogens is 386 g/mol. The van der Waals surface area contributed by atoms with E-state index in [2.05, 4.69) is 5.10 Å². The predicted molar refractivity (Wildman–Crippen MR) is 102 cm³/mol. The molecule has 0 N–H and O–H groups in total. The van der Waals surface area contributed by atoms with Gasteiger partial charge >= 0.3 is 5.69 Å². The molecule has 0 spiro atoms. The molecule has 0 saturated carbocycles. The maximum Gasteiger partial charge on any atom is 0.312 e. The Labute approximate surface area is 165 Å². The van der Waals surface area contributed by atoms with Crippen molar-refractivity contribution >= 4 is 29.1 Å². The minimum Gasteiger partial charge on any atom is -0.479 e. The van der Waals surface area contributed by atoms with Gasteiger partial charge in [-0.05, 0) is 43.3 Å². The fraction of sp³-hybridized carbons (Fsp3) is 0.158. The Morgan fingerprint density at radius 2 is 2.21 bits per heavy atom. The summed E-state index contributed by atoms with van der Waals surface area (Å²) >= 11 is 5.78. The molecule has 0 saturated heterocycles. The smallest absolute Gasteiger partial charge is 0.312 e. The molecule has 144 valence electrons. The molecule has 0 aliphatic heterocycles. The molecule has 28 heavy (non-hydrogen) atoms. The van der Waals surface area contributed by atoms with Gasteiger partial charge in [-0.2, -0.15) is 5.10 Å². The van der Waals surface area contributed by atoms with Gasteiger partial charge < -0.3 is 9.15 Å². The molecule has 0 unspecified atom stereocenters. The largest absolute Gasteiger partial charge is 0.479 e. The minimum atomic E-state index is -0.566. The number of nitro groups is 1. The van der Waals surface area contributed by atoms with Crippen LogP contribution in [0.15, 0.2) is 53.2 Å². The number of nitrogens with zero attached hydrogens (tertiary/aromatic N) is 3. The Hall–Kier alpha value is -3.39. The molecule has 0 atom stereocenters. The Morgan fingerprint density at radius 3 is 2.93 bits per heavy atom. The minimum absolute atomic E-state index is 0.00642. The first-order chi connectivity index (χ1) is 13.5. The van der Waals surface area contributed by atoms with Gasteiger partial charge in [-0.25, -0.2) is 0 Å². The van der Waals surface area contributed by atoms with Crippen LogP contribution in [0.4, 0.5) is 5.69 Å². The Bertz CT molecular complexity index is 1040. The summed E-state index contributed by atoms with van der Waals surface area (Å²) in [5, 5.41) is 15.4. The lowest BCUT2D eigenvalue weighted by molar-refractivity contribution is -0.385. The van der Waals surface area contributed by atoms with Crippen LogP contribution >= 0.6 is 11.6 Å². The number of halogens is 1. The normalized spacial score (nSPS) is 11.1. The molecule has 8 nitrogen and oxygen atoms in total. The number of nitro benzene ring substituents is 1. The molecule has 0 radical (unpaired) electrons. The van der Waals surface area contributed by atoms with E-state index in [0.717, 1.165) is 0 Å². The summed E-state index contributed by atoms with van der Waals surface area (Å²) in [5.41, 5.74) is 0.264. The molecule has 0 aliphatic carbocycles. The first kappa shape index (κ1) is 19.4. The molecule has 0 amide bonds. The third kappa shape index (κ3) is 4.66. The summed E-state index contributed by atoms with van der Waals surface area (Å²) in [4.78, 5) is 22.6. The van der Waals surface area contributed by atoms with Gasteiger partial charge in [-0.15, -0.1) is 0 Å². The third-order valence-corrected chi connectivity index (χ3v) is 4.05. The zero-order valence-corrected chi connectivity index (χ0v) is 15.6. The van der Waals surface area contributed by atoms with E-state index in [0.29, 0.717) is 23.6 Å². The highest BCUT2D eigenvalue weighted by Crippen LogP contribution is 2.30. The van der Waals surface area contributed by atoms with Gasteiger partial charge in [0.05, 0.1) is 16.7 Å². The monoisotopic (exact) mass is 401 g/mol. The number of hydrogen-bond donors (Lipinski definition) is 0. The van der Waals surface area contributed by atoms with Crippen LogP contribution in [0.2, 0.25) is 5.02 Å². The molecule has 2 aromatic heterocycles. The van der Waals surface area contributed by atoms with Crippen molar-refractivity contribution in [3.05, 3.63) is 81.0 Å². The average Bonchev–Trinajstić information content (AvgIpc) is 3.34. The van der Waals surface area contributed by atoms with Crippen LogP contribution in [-0.4, -0.2) is 20.5 Å². The van der Waals surface area contributed by atoms with E-state index in [1.165, 1.54) is 30.5 Å². The number of carbonyl (C=O) groups excluding carboxylic acids is 1. The topological polar surface area (TPSA) is 100 Å². The number of benzene rings is 1. The summed E-state index contributed by atoms with van der Waals surface area (Å²) in [6.07, 6.45) is 6.12. The second-order valence-corrected chi connectivity index (χ2v) is 6.18. The van der Waals surface area contributed by atoms with E-state index in [4.69, 9.17) is 20.8 Å². The van der Waals surface area contributed by atoms with Gasteiger partial charge in [0.15, 0.2) is 11.5 Å². The van der Waals surface area contributed by atoms with Crippen molar-refractivity contribution in [2.24, 2.45) is 0 Å². The zero-order valence-electron chi connectivity index (χ0n) is 14.9. The molecule has 0 bridgehead atoms. The number of ketones is 1. The van der Waals surface area contributed by atoms with E-state index in [9.17, 15) is 14.9 Å². The molecule has 2 heterocycles. The molecule has 0 aliphatic rings. The van der Waals surface area contributed by atoms with Crippen molar-refractivity contribution in [1.82, 2.24) is 9.78 Å². The predicted octanol–water partition coefficient (Wildman–Crippen LogP) is 4.53. The lowest BCUT2D eigenvalue weighted by Crippen LogP contribution is -1.98. The summed E-state index contributed by atoms with van der Waals surface area (Å²) in [5.74, 6) is 0.812. The Balaban J connectivity index is 1.63. The number of rotatable bonds is 8. The van der Waals surface area contributed by atoms with Crippen LogP contribution in [-0.2, 0) is 13.2 Å².